The number of urea groups is 1. The monoisotopic (exact) mass is 303 g/mol. The van der Waals surface area contributed by atoms with Gasteiger partial charge in [0.1, 0.15) is 0 Å². The summed E-state index contributed by atoms with van der Waals surface area (Å²) in [5, 5.41) is 2.98. The summed E-state index contributed by atoms with van der Waals surface area (Å²) in [4.78, 5) is 13.7. The molecule has 1 heterocycles. The number of carbonyl (C=O) groups excluding carboxylic acids is 1. The molecule has 2 amide bonds. The first kappa shape index (κ1) is 15.6. The number of nitrogens with zero attached hydrogens (tertiary/aromatic N) is 2. The molecule has 0 unspecified atom stereocenters. The average molecular weight is 303 g/mol. The van der Waals surface area contributed by atoms with Crippen LogP contribution in [0.15, 0.2) is 0 Å². The fraction of sp³-hybridized carbons (Fsp3) is 0.923. The molecule has 0 aromatic carbocycles. The second-order valence-electron chi connectivity index (χ2n) is 5.62. The van der Waals surface area contributed by atoms with Crippen LogP contribution in [0.3, 0.4) is 0 Å². The quantitative estimate of drug-likeness (QED) is 0.837. The number of amides is 2. The number of carbonyl (C=O) groups is 1. The number of hydrogen-bond acceptors (Lipinski definition) is 3. The van der Waals surface area contributed by atoms with Crippen LogP contribution >= 0.6 is 0 Å². The predicted molar refractivity (Wildman–Crippen MR) is 78.0 cm³/mol. The van der Waals surface area contributed by atoms with Crippen molar-refractivity contribution in [1.82, 2.24) is 14.5 Å². The number of rotatable bonds is 4. The normalized spacial score (nSPS) is 22.1. The summed E-state index contributed by atoms with van der Waals surface area (Å²) in [7, 11) is -3.12. The number of piperazine rings is 1. The minimum absolute atomic E-state index is 0.0505. The van der Waals surface area contributed by atoms with Crippen molar-refractivity contribution in [3.63, 3.8) is 0 Å². The summed E-state index contributed by atoms with van der Waals surface area (Å²) >= 11 is 0. The third-order valence-electron chi connectivity index (χ3n) is 4.30. The zero-order valence-corrected chi connectivity index (χ0v) is 13.0. The molecule has 1 saturated heterocycles. The molecule has 0 spiro atoms. The molecule has 6 nitrogen and oxygen atoms in total. The van der Waals surface area contributed by atoms with Crippen LogP contribution in [-0.2, 0) is 10.0 Å². The topological polar surface area (TPSA) is 69.7 Å². The van der Waals surface area contributed by atoms with Crippen LogP contribution in [0.2, 0.25) is 0 Å². The average Bonchev–Trinajstić information content (AvgIpc) is 2.98. The molecular formula is C13H25N3O3S. The van der Waals surface area contributed by atoms with Gasteiger partial charge in [-0.2, -0.15) is 4.31 Å². The van der Waals surface area contributed by atoms with E-state index < -0.39 is 10.0 Å². The van der Waals surface area contributed by atoms with Crippen LogP contribution in [-0.4, -0.2) is 62.1 Å². The maximum Gasteiger partial charge on any atom is 0.317 e. The summed E-state index contributed by atoms with van der Waals surface area (Å²) in [5.74, 6) is 0.752. The Balaban J connectivity index is 1.74. The predicted octanol–water partition coefficient (Wildman–Crippen LogP) is 0.853. The molecule has 0 aromatic heterocycles. The van der Waals surface area contributed by atoms with Crippen molar-refractivity contribution in [3.8, 4) is 0 Å². The van der Waals surface area contributed by atoms with Crippen LogP contribution < -0.4 is 5.32 Å². The molecule has 0 aromatic rings. The van der Waals surface area contributed by atoms with E-state index in [9.17, 15) is 13.2 Å². The second-order valence-corrected chi connectivity index (χ2v) is 7.88. The largest absolute Gasteiger partial charge is 0.338 e. The van der Waals surface area contributed by atoms with Gasteiger partial charge in [-0.05, 0) is 25.7 Å². The maximum atomic E-state index is 12.0. The zero-order chi connectivity index (χ0) is 14.6. The van der Waals surface area contributed by atoms with E-state index in [1.807, 2.05) is 0 Å². The van der Waals surface area contributed by atoms with Crippen molar-refractivity contribution in [2.45, 2.75) is 32.6 Å². The zero-order valence-electron chi connectivity index (χ0n) is 12.2. The summed E-state index contributed by atoms with van der Waals surface area (Å²) in [6.07, 6.45) is 4.97. The molecule has 0 atom stereocenters. The van der Waals surface area contributed by atoms with Gasteiger partial charge in [0, 0.05) is 32.7 Å². The van der Waals surface area contributed by atoms with E-state index in [0.717, 1.165) is 6.54 Å². The van der Waals surface area contributed by atoms with Crippen LogP contribution in [0.25, 0.3) is 0 Å². The lowest BCUT2D eigenvalue weighted by molar-refractivity contribution is 0.171. The highest BCUT2D eigenvalue weighted by Crippen LogP contribution is 2.23. The van der Waals surface area contributed by atoms with Gasteiger partial charge in [-0.1, -0.05) is 12.8 Å². The number of sulfonamides is 1. The highest BCUT2D eigenvalue weighted by molar-refractivity contribution is 7.89. The Kier molecular flexibility index (Phi) is 5.26. The van der Waals surface area contributed by atoms with E-state index >= 15 is 0 Å². The SMILES string of the molecule is CCS(=O)(=O)N1CCN(C(=O)NCC2CCCC2)CC1. The maximum absolute atomic E-state index is 12.0. The fourth-order valence-electron chi connectivity index (χ4n) is 2.91. The Hall–Kier alpha value is -0.820. The van der Waals surface area contributed by atoms with E-state index in [1.54, 1.807) is 11.8 Å². The molecule has 2 fully saturated rings. The van der Waals surface area contributed by atoms with Crippen molar-refractivity contribution in [3.05, 3.63) is 0 Å². The summed E-state index contributed by atoms with van der Waals surface area (Å²) < 4.78 is 25.0. The van der Waals surface area contributed by atoms with Crippen LogP contribution in [0, 0.1) is 5.92 Å². The summed E-state index contributed by atoms with van der Waals surface area (Å²) in [5.41, 5.74) is 0. The molecule has 2 aliphatic rings. The highest BCUT2D eigenvalue weighted by Gasteiger charge is 2.27. The highest BCUT2D eigenvalue weighted by atomic mass is 32.2. The lowest BCUT2D eigenvalue weighted by Crippen LogP contribution is -2.53. The van der Waals surface area contributed by atoms with Crippen molar-refractivity contribution in [2.75, 3.05) is 38.5 Å². The molecule has 7 heteroatoms. The lowest BCUT2D eigenvalue weighted by Gasteiger charge is -2.34. The van der Waals surface area contributed by atoms with E-state index in [2.05, 4.69) is 5.32 Å². The standard InChI is InChI=1S/C13H25N3O3S/c1-2-20(18,19)16-9-7-15(8-10-16)13(17)14-11-12-5-3-4-6-12/h12H,2-11H2,1H3,(H,14,17). The molecule has 1 saturated carbocycles. The minimum Gasteiger partial charge on any atom is -0.338 e. The molecular weight excluding hydrogens is 278 g/mol. The van der Waals surface area contributed by atoms with Crippen molar-refractivity contribution < 1.29 is 13.2 Å². The second kappa shape index (κ2) is 6.76. The summed E-state index contributed by atoms with van der Waals surface area (Å²) in [6.45, 7) is 4.19. The molecule has 0 bridgehead atoms. The fourth-order valence-corrected chi connectivity index (χ4v) is 3.99. The van der Waals surface area contributed by atoms with Gasteiger partial charge in [-0.25, -0.2) is 13.2 Å². The molecule has 1 N–H and O–H groups in total. The van der Waals surface area contributed by atoms with Gasteiger partial charge in [0.25, 0.3) is 0 Å². The summed E-state index contributed by atoms with van der Waals surface area (Å²) in [6, 6.07) is -0.0505. The van der Waals surface area contributed by atoms with Crippen molar-refractivity contribution in [2.24, 2.45) is 5.92 Å². The van der Waals surface area contributed by atoms with Crippen LogP contribution in [0.5, 0.6) is 0 Å². The van der Waals surface area contributed by atoms with Gasteiger partial charge < -0.3 is 10.2 Å². The van der Waals surface area contributed by atoms with Gasteiger partial charge in [0.2, 0.25) is 10.0 Å². The van der Waals surface area contributed by atoms with Crippen molar-refractivity contribution >= 4 is 16.1 Å². The van der Waals surface area contributed by atoms with Gasteiger partial charge in [-0.15, -0.1) is 0 Å². The van der Waals surface area contributed by atoms with Gasteiger partial charge in [-0.3, -0.25) is 0 Å². The molecule has 2 rings (SSSR count). The van der Waals surface area contributed by atoms with E-state index in [4.69, 9.17) is 0 Å². The van der Waals surface area contributed by atoms with E-state index in [-0.39, 0.29) is 11.8 Å². The van der Waals surface area contributed by atoms with Crippen LogP contribution in [0.1, 0.15) is 32.6 Å². The smallest absolute Gasteiger partial charge is 0.317 e. The third kappa shape index (κ3) is 3.85. The van der Waals surface area contributed by atoms with E-state index in [1.165, 1.54) is 30.0 Å². The van der Waals surface area contributed by atoms with Gasteiger partial charge in [0.15, 0.2) is 0 Å². The van der Waals surface area contributed by atoms with E-state index in [0.29, 0.717) is 32.1 Å². The van der Waals surface area contributed by atoms with Gasteiger partial charge >= 0.3 is 6.03 Å². The Labute approximate surface area is 121 Å². The first-order chi connectivity index (χ1) is 9.53. The first-order valence-electron chi connectivity index (χ1n) is 7.53. The lowest BCUT2D eigenvalue weighted by atomic mass is 10.1. The van der Waals surface area contributed by atoms with Gasteiger partial charge in [0.05, 0.1) is 5.75 Å². The Morgan fingerprint density at radius 3 is 2.30 bits per heavy atom. The Morgan fingerprint density at radius 1 is 1.15 bits per heavy atom. The minimum atomic E-state index is -3.12. The molecule has 1 aliphatic carbocycles. The molecule has 20 heavy (non-hydrogen) atoms. The Morgan fingerprint density at radius 2 is 1.75 bits per heavy atom. The molecule has 116 valence electrons. The molecule has 0 radical (unpaired) electrons. The van der Waals surface area contributed by atoms with Crippen LogP contribution in [0.4, 0.5) is 4.79 Å². The third-order valence-corrected chi connectivity index (χ3v) is 6.18. The first-order valence-corrected chi connectivity index (χ1v) is 9.14. The Bertz CT molecular complexity index is 424. The number of hydrogen-bond donors (Lipinski definition) is 1. The van der Waals surface area contributed by atoms with Crippen molar-refractivity contribution in [1.29, 1.82) is 0 Å². The molecule has 1 aliphatic heterocycles. The number of nitrogens with one attached hydrogen (secondary N) is 1.